The summed E-state index contributed by atoms with van der Waals surface area (Å²) in [6.07, 6.45) is 0.888. The molecule has 0 saturated carbocycles. The minimum atomic E-state index is -0.465. The molecule has 5 rings (SSSR count). The first-order valence-electron chi connectivity index (χ1n) is 12.9. The lowest BCUT2D eigenvalue weighted by atomic mass is 9.86. The minimum Gasteiger partial charge on any atom is -0.508 e. The predicted octanol–water partition coefficient (Wildman–Crippen LogP) is 5.66. The van der Waals surface area contributed by atoms with E-state index in [1.165, 1.54) is 6.42 Å². The van der Waals surface area contributed by atoms with Gasteiger partial charge in [0.15, 0.2) is 0 Å². The van der Waals surface area contributed by atoms with Crippen molar-refractivity contribution >= 4 is 17.1 Å². The Hall–Kier alpha value is -3.77. The van der Waals surface area contributed by atoms with Gasteiger partial charge in [-0.15, -0.1) is 0 Å². The van der Waals surface area contributed by atoms with Crippen LogP contribution in [-0.4, -0.2) is 41.7 Å². The van der Waals surface area contributed by atoms with E-state index in [9.17, 15) is 9.90 Å². The Balaban J connectivity index is 1.41. The molecule has 1 fully saturated rings. The average molecular weight is 499 g/mol. The zero-order chi connectivity index (χ0) is 26.1. The lowest BCUT2D eigenvalue weighted by Gasteiger charge is -2.31. The Labute approximate surface area is 218 Å². The fourth-order valence-corrected chi connectivity index (χ4v) is 5.29. The van der Waals surface area contributed by atoms with Gasteiger partial charge in [0.05, 0.1) is 0 Å². The van der Waals surface area contributed by atoms with Crippen molar-refractivity contribution in [2.75, 3.05) is 19.7 Å². The van der Waals surface area contributed by atoms with E-state index in [1.807, 2.05) is 43.3 Å². The van der Waals surface area contributed by atoms with E-state index in [4.69, 9.17) is 15.2 Å². The van der Waals surface area contributed by atoms with Gasteiger partial charge in [0.25, 0.3) is 0 Å². The summed E-state index contributed by atoms with van der Waals surface area (Å²) >= 11 is 0. The van der Waals surface area contributed by atoms with Gasteiger partial charge in [-0.3, -0.25) is 9.69 Å². The topological polar surface area (TPSA) is 85.0 Å². The van der Waals surface area contributed by atoms with Crippen LogP contribution in [0.2, 0.25) is 0 Å². The van der Waals surface area contributed by atoms with E-state index < -0.39 is 5.91 Å². The monoisotopic (exact) mass is 498 g/mol. The summed E-state index contributed by atoms with van der Waals surface area (Å²) in [5, 5.41) is 10.1. The molecule has 0 spiro atoms. The number of ether oxygens (including phenoxy) is 2. The highest BCUT2D eigenvalue weighted by molar-refractivity contribution is 5.97. The van der Waals surface area contributed by atoms with Crippen LogP contribution in [0.3, 0.4) is 0 Å². The van der Waals surface area contributed by atoms with Gasteiger partial charge in [0.1, 0.15) is 30.0 Å². The molecule has 2 aliphatic heterocycles. The molecule has 3 aromatic rings. The fourth-order valence-electron chi connectivity index (χ4n) is 5.29. The molecule has 1 amide bonds. The van der Waals surface area contributed by atoms with E-state index >= 15 is 0 Å². The third-order valence-corrected chi connectivity index (χ3v) is 7.51. The summed E-state index contributed by atoms with van der Waals surface area (Å²) < 4.78 is 12.6. The molecular formula is C31H34N2O4. The van der Waals surface area contributed by atoms with Gasteiger partial charge in [0, 0.05) is 29.3 Å². The third kappa shape index (κ3) is 5.20. The first kappa shape index (κ1) is 24.9. The molecule has 2 aliphatic rings. The zero-order valence-electron chi connectivity index (χ0n) is 21.6. The SMILES string of the molecule is CC1=C(c2ccc(C(N)=O)cc2)C(c2ccc(OC[C@H](C)N3CC[C@@H](C)C3)cc2)Oc2ccc(O)cc21. The summed E-state index contributed by atoms with van der Waals surface area (Å²) in [7, 11) is 0. The van der Waals surface area contributed by atoms with Gasteiger partial charge in [0.2, 0.25) is 5.91 Å². The van der Waals surface area contributed by atoms with Gasteiger partial charge < -0.3 is 20.3 Å². The van der Waals surface area contributed by atoms with Crippen molar-refractivity contribution in [2.45, 2.75) is 39.3 Å². The van der Waals surface area contributed by atoms with E-state index in [-0.39, 0.29) is 11.9 Å². The van der Waals surface area contributed by atoms with Crippen LogP contribution in [0, 0.1) is 5.92 Å². The average Bonchev–Trinajstić information content (AvgIpc) is 3.34. The molecule has 3 aromatic carbocycles. The Morgan fingerprint density at radius 2 is 1.86 bits per heavy atom. The molecule has 2 heterocycles. The maximum Gasteiger partial charge on any atom is 0.248 e. The standard InChI is InChI=1S/C31H34N2O4/c1-19-14-15-33(17-19)20(2)18-36-26-11-8-23(9-12-26)30-29(22-4-6-24(7-5-22)31(32)35)21(3)27-16-25(34)10-13-28(27)37-30/h4-13,16,19-20,30,34H,14-15,17-18H2,1-3H3,(H2,32,35)/t19-,20+,30?/m1/s1. The van der Waals surface area contributed by atoms with Crippen molar-refractivity contribution in [3.63, 3.8) is 0 Å². The fraction of sp³-hybridized carbons (Fsp3) is 0.323. The second-order valence-electron chi connectivity index (χ2n) is 10.3. The number of benzene rings is 3. The highest BCUT2D eigenvalue weighted by Crippen LogP contribution is 2.47. The lowest BCUT2D eigenvalue weighted by Crippen LogP contribution is -2.35. The number of hydrogen-bond acceptors (Lipinski definition) is 5. The van der Waals surface area contributed by atoms with Crippen LogP contribution in [0.25, 0.3) is 11.1 Å². The molecule has 1 unspecified atom stereocenters. The Morgan fingerprint density at radius 1 is 1.14 bits per heavy atom. The molecule has 37 heavy (non-hydrogen) atoms. The van der Waals surface area contributed by atoms with E-state index in [1.54, 1.807) is 30.3 Å². The van der Waals surface area contributed by atoms with Gasteiger partial charge in [-0.25, -0.2) is 0 Å². The van der Waals surface area contributed by atoms with Crippen LogP contribution < -0.4 is 15.2 Å². The smallest absolute Gasteiger partial charge is 0.248 e. The highest BCUT2D eigenvalue weighted by Gasteiger charge is 2.30. The maximum absolute atomic E-state index is 11.6. The number of rotatable bonds is 7. The first-order chi connectivity index (χ1) is 17.8. The molecule has 192 valence electrons. The van der Waals surface area contributed by atoms with Gasteiger partial charge in [-0.2, -0.15) is 0 Å². The Bertz CT molecular complexity index is 1310. The number of likely N-dealkylation sites (tertiary alicyclic amines) is 1. The van der Waals surface area contributed by atoms with Crippen molar-refractivity contribution in [2.24, 2.45) is 11.7 Å². The molecule has 0 aromatic heterocycles. The summed E-state index contributed by atoms with van der Waals surface area (Å²) in [5.74, 6) is 2.02. The molecule has 6 nitrogen and oxygen atoms in total. The summed E-state index contributed by atoms with van der Waals surface area (Å²) in [6, 6.07) is 20.8. The molecule has 3 N–H and O–H groups in total. The van der Waals surface area contributed by atoms with Crippen LogP contribution in [0.1, 0.15) is 60.3 Å². The molecule has 0 radical (unpaired) electrons. The van der Waals surface area contributed by atoms with Crippen molar-refractivity contribution in [1.82, 2.24) is 4.90 Å². The normalized spacial score (nSPS) is 20.3. The Morgan fingerprint density at radius 3 is 2.51 bits per heavy atom. The van der Waals surface area contributed by atoms with Crippen molar-refractivity contribution in [3.05, 3.63) is 89.0 Å². The number of aromatic hydroxyl groups is 1. The van der Waals surface area contributed by atoms with Crippen molar-refractivity contribution < 1.29 is 19.4 Å². The molecule has 1 saturated heterocycles. The first-order valence-corrected chi connectivity index (χ1v) is 12.9. The second-order valence-corrected chi connectivity index (χ2v) is 10.3. The zero-order valence-corrected chi connectivity index (χ0v) is 21.6. The summed E-state index contributed by atoms with van der Waals surface area (Å²) in [5.41, 5.74) is 10.6. The third-order valence-electron chi connectivity index (χ3n) is 7.51. The Kier molecular flexibility index (Phi) is 6.94. The quantitative estimate of drug-likeness (QED) is 0.439. The van der Waals surface area contributed by atoms with Gasteiger partial charge >= 0.3 is 0 Å². The number of amides is 1. The van der Waals surface area contributed by atoms with Crippen LogP contribution in [0.4, 0.5) is 0 Å². The van der Waals surface area contributed by atoms with Crippen molar-refractivity contribution in [1.29, 1.82) is 0 Å². The second kappa shape index (κ2) is 10.3. The number of carbonyl (C=O) groups excluding carboxylic acids is 1. The van der Waals surface area contributed by atoms with Gasteiger partial charge in [-0.05, 0) is 91.9 Å². The molecule has 0 aliphatic carbocycles. The molecular weight excluding hydrogens is 464 g/mol. The van der Waals surface area contributed by atoms with Crippen LogP contribution >= 0.6 is 0 Å². The minimum absolute atomic E-state index is 0.183. The largest absolute Gasteiger partial charge is 0.508 e. The molecule has 6 heteroatoms. The highest BCUT2D eigenvalue weighted by atomic mass is 16.5. The number of hydrogen-bond donors (Lipinski definition) is 2. The van der Waals surface area contributed by atoms with Gasteiger partial charge in [-0.1, -0.05) is 31.2 Å². The number of phenolic OH excluding ortho intramolecular Hbond substituents is 1. The van der Waals surface area contributed by atoms with Crippen molar-refractivity contribution in [3.8, 4) is 17.2 Å². The lowest BCUT2D eigenvalue weighted by molar-refractivity contribution is 0.100. The number of primary amides is 1. The number of fused-ring (bicyclic) bond motifs is 1. The summed E-state index contributed by atoms with van der Waals surface area (Å²) in [6.45, 7) is 9.48. The van der Waals surface area contributed by atoms with Crippen LogP contribution in [0.15, 0.2) is 66.7 Å². The number of nitrogens with two attached hydrogens (primary N) is 1. The van der Waals surface area contributed by atoms with E-state index in [0.29, 0.717) is 24.0 Å². The van der Waals surface area contributed by atoms with E-state index in [2.05, 4.69) is 18.7 Å². The number of carbonyl (C=O) groups is 1. The van der Waals surface area contributed by atoms with Crippen LogP contribution in [-0.2, 0) is 0 Å². The van der Waals surface area contributed by atoms with Crippen LogP contribution in [0.5, 0.6) is 17.2 Å². The maximum atomic E-state index is 11.6. The van der Waals surface area contributed by atoms with E-state index in [0.717, 1.165) is 52.6 Å². The molecule has 3 atom stereocenters. The number of allylic oxidation sites excluding steroid dienone is 1. The summed E-state index contributed by atoms with van der Waals surface area (Å²) in [4.78, 5) is 14.1. The number of phenols is 1. The number of nitrogens with zero attached hydrogens (tertiary/aromatic N) is 1. The molecule has 0 bridgehead atoms. The predicted molar refractivity (Wildman–Crippen MR) is 146 cm³/mol.